The lowest BCUT2D eigenvalue weighted by Crippen LogP contribution is -2.45. The zero-order chi connectivity index (χ0) is 26.1. The van der Waals surface area contributed by atoms with Gasteiger partial charge in [0.25, 0.3) is 5.91 Å². The summed E-state index contributed by atoms with van der Waals surface area (Å²) in [6.07, 6.45) is -0.460. The van der Waals surface area contributed by atoms with Crippen molar-refractivity contribution in [3.63, 3.8) is 0 Å². The van der Waals surface area contributed by atoms with E-state index in [9.17, 15) is 18.0 Å². The Kier molecular flexibility index (Phi) is 8.01. The lowest BCUT2D eigenvalue weighted by molar-refractivity contribution is -0.119. The molecule has 4 rings (SSSR count). The second-order valence-electron chi connectivity index (χ2n) is 9.77. The molecule has 0 spiro atoms. The molecule has 11 heteroatoms. The Balaban J connectivity index is 1.65. The van der Waals surface area contributed by atoms with Crippen LogP contribution in [0.4, 0.5) is 10.5 Å². The van der Waals surface area contributed by atoms with Crippen LogP contribution in [-0.2, 0) is 25.8 Å². The third kappa shape index (κ3) is 6.80. The van der Waals surface area contributed by atoms with Crippen LogP contribution in [-0.4, -0.2) is 60.0 Å². The summed E-state index contributed by atoms with van der Waals surface area (Å²) in [4.78, 5) is 32.3. The summed E-state index contributed by atoms with van der Waals surface area (Å²) in [5, 5.41) is 2.90. The smallest absolute Gasteiger partial charge is 0.408 e. The molecule has 3 atom stereocenters. The highest BCUT2D eigenvalue weighted by Crippen LogP contribution is 2.41. The molecule has 2 aromatic carbocycles. The summed E-state index contributed by atoms with van der Waals surface area (Å²) in [5.41, 5.74) is 0.927. The SMILES string of the molecule is CC(C)(C)OC(=O)N[C@H](Cc1ccccc1)C(=O)N=C1S[C@H]2CS(=O)(=O)C[C@H]2N1c1cccc(I)c1. The van der Waals surface area contributed by atoms with Gasteiger partial charge in [0.05, 0.1) is 17.5 Å². The van der Waals surface area contributed by atoms with Gasteiger partial charge in [-0.25, -0.2) is 13.2 Å². The highest BCUT2D eigenvalue weighted by molar-refractivity contribution is 14.1. The lowest BCUT2D eigenvalue weighted by atomic mass is 10.1. The first-order chi connectivity index (χ1) is 16.9. The molecule has 2 amide bonds. The van der Waals surface area contributed by atoms with E-state index in [-0.39, 0.29) is 29.2 Å². The summed E-state index contributed by atoms with van der Waals surface area (Å²) in [5.74, 6) is -0.474. The van der Waals surface area contributed by atoms with Gasteiger partial charge in [0.1, 0.15) is 11.6 Å². The number of carbonyl (C=O) groups is 2. The van der Waals surface area contributed by atoms with Crippen molar-refractivity contribution < 1.29 is 22.7 Å². The van der Waals surface area contributed by atoms with E-state index in [0.29, 0.717) is 5.17 Å². The third-order valence-electron chi connectivity index (χ3n) is 5.63. The van der Waals surface area contributed by atoms with E-state index in [0.717, 1.165) is 14.8 Å². The molecule has 192 valence electrons. The first kappa shape index (κ1) is 26.9. The molecule has 0 saturated carbocycles. The normalized spacial score (nSPS) is 22.8. The Labute approximate surface area is 229 Å². The van der Waals surface area contributed by atoms with Gasteiger partial charge in [0.15, 0.2) is 15.0 Å². The lowest BCUT2D eigenvalue weighted by Gasteiger charge is -2.25. The van der Waals surface area contributed by atoms with Gasteiger partial charge in [-0.1, -0.05) is 48.2 Å². The van der Waals surface area contributed by atoms with E-state index in [1.54, 1.807) is 20.8 Å². The van der Waals surface area contributed by atoms with Gasteiger partial charge in [-0.15, -0.1) is 0 Å². The second-order valence-corrected chi connectivity index (χ2v) is 14.4. The Bertz CT molecular complexity index is 1280. The molecule has 0 aliphatic carbocycles. The average Bonchev–Trinajstić information content (AvgIpc) is 3.23. The molecule has 2 heterocycles. The van der Waals surface area contributed by atoms with Gasteiger partial charge in [0, 0.05) is 20.9 Å². The van der Waals surface area contributed by atoms with E-state index < -0.39 is 33.5 Å². The molecule has 0 bridgehead atoms. The fraction of sp³-hybridized carbons (Fsp3) is 0.400. The number of nitrogens with one attached hydrogen (secondary N) is 1. The van der Waals surface area contributed by atoms with Crippen LogP contribution in [0.1, 0.15) is 26.3 Å². The van der Waals surface area contributed by atoms with Crippen molar-refractivity contribution in [3.05, 3.63) is 63.7 Å². The molecular formula is C25H28IN3O5S2. The predicted octanol–water partition coefficient (Wildman–Crippen LogP) is 4.03. The van der Waals surface area contributed by atoms with Crippen LogP contribution in [0.15, 0.2) is 59.6 Å². The number of aliphatic imine (C=N–C) groups is 1. The number of rotatable bonds is 5. The van der Waals surface area contributed by atoms with E-state index in [2.05, 4.69) is 32.9 Å². The second kappa shape index (κ2) is 10.7. The summed E-state index contributed by atoms with van der Waals surface area (Å²) < 4.78 is 31.1. The van der Waals surface area contributed by atoms with Crippen molar-refractivity contribution in [3.8, 4) is 0 Å². The van der Waals surface area contributed by atoms with Crippen molar-refractivity contribution in [1.29, 1.82) is 0 Å². The number of nitrogens with zero attached hydrogens (tertiary/aromatic N) is 2. The number of ether oxygens (including phenoxy) is 1. The third-order valence-corrected chi connectivity index (χ3v) is 9.51. The van der Waals surface area contributed by atoms with Crippen LogP contribution in [0.3, 0.4) is 0 Å². The van der Waals surface area contributed by atoms with E-state index in [1.165, 1.54) is 11.8 Å². The number of halogens is 1. The van der Waals surface area contributed by atoms with Crippen molar-refractivity contribution in [2.24, 2.45) is 4.99 Å². The number of alkyl carbamates (subject to hydrolysis) is 1. The largest absolute Gasteiger partial charge is 0.444 e. The minimum atomic E-state index is -3.18. The molecule has 2 aliphatic heterocycles. The van der Waals surface area contributed by atoms with E-state index >= 15 is 0 Å². The van der Waals surface area contributed by atoms with Crippen molar-refractivity contribution in [2.75, 3.05) is 16.4 Å². The van der Waals surface area contributed by atoms with E-state index in [1.807, 2.05) is 59.5 Å². The number of thioether (sulfide) groups is 1. The zero-order valence-corrected chi connectivity index (χ0v) is 24.0. The first-order valence-corrected chi connectivity index (χ1v) is 15.3. The minimum absolute atomic E-state index is 0.00690. The molecule has 0 radical (unpaired) electrons. The van der Waals surface area contributed by atoms with Gasteiger partial charge in [-0.2, -0.15) is 4.99 Å². The number of sulfone groups is 1. The average molecular weight is 642 g/mol. The van der Waals surface area contributed by atoms with Crippen LogP contribution < -0.4 is 10.2 Å². The first-order valence-electron chi connectivity index (χ1n) is 11.5. The number of hydrogen-bond donors (Lipinski definition) is 1. The Morgan fingerprint density at radius 3 is 2.56 bits per heavy atom. The number of hydrogen-bond acceptors (Lipinski definition) is 6. The molecule has 2 aliphatic rings. The predicted molar refractivity (Wildman–Crippen MR) is 151 cm³/mol. The molecule has 2 fully saturated rings. The highest BCUT2D eigenvalue weighted by atomic mass is 127. The Hall–Kier alpha value is -2.12. The van der Waals surface area contributed by atoms with Crippen LogP contribution in [0.25, 0.3) is 0 Å². The zero-order valence-electron chi connectivity index (χ0n) is 20.2. The van der Waals surface area contributed by atoms with Crippen LogP contribution >= 0.6 is 34.4 Å². The molecule has 8 nitrogen and oxygen atoms in total. The maximum Gasteiger partial charge on any atom is 0.408 e. The fourth-order valence-corrected chi connectivity index (χ4v) is 8.61. The molecule has 0 unspecified atom stereocenters. The van der Waals surface area contributed by atoms with Crippen molar-refractivity contribution in [1.82, 2.24) is 5.32 Å². The number of fused-ring (bicyclic) bond motifs is 1. The topological polar surface area (TPSA) is 105 Å². The number of amidine groups is 1. The summed E-state index contributed by atoms with van der Waals surface area (Å²) in [6, 6.07) is 15.8. The summed E-state index contributed by atoms with van der Waals surface area (Å²) in [7, 11) is -3.18. The number of amides is 2. The van der Waals surface area contributed by atoms with E-state index in [4.69, 9.17) is 4.74 Å². The van der Waals surface area contributed by atoms with Crippen LogP contribution in [0, 0.1) is 3.57 Å². The quantitative estimate of drug-likeness (QED) is 0.492. The number of carbonyl (C=O) groups excluding carboxylic acids is 2. The number of benzene rings is 2. The number of anilines is 1. The van der Waals surface area contributed by atoms with Gasteiger partial charge in [-0.3, -0.25) is 4.79 Å². The fourth-order valence-electron chi connectivity index (χ4n) is 4.16. The van der Waals surface area contributed by atoms with Crippen molar-refractivity contribution >= 4 is 67.0 Å². The molecule has 0 aromatic heterocycles. The maximum absolute atomic E-state index is 13.5. The van der Waals surface area contributed by atoms with Gasteiger partial charge in [0.2, 0.25) is 0 Å². The Morgan fingerprint density at radius 2 is 1.89 bits per heavy atom. The van der Waals surface area contributed by atoms with Crippen molar-refractivity contribution in [2.45, 2.75) is 50.1 Å². The minimum Gasteiger partial charge on any atom is -0.444 e. The molecule has 2 saturated heterocycles. The monoisotopic (exact) mass is 641 g/mol. The van der Waals surface area contributed by atoms with Gasteiger partial charge >= 0.3 is 6.09 Å². The Morgan fingerprint density at radius 1 is 1.17 bits per heavy atom. The molecule has 36 heavy (non-hydrogen) atoms. The maximum atomic E-state index is 13.5. The summed E-state index contributed by atoms with van der Waals surface area (Å²) in [6.45, 7) is 5.26. The highest BCUT2D eigenvalue weighted by Gasteiger charge is 2.49. The summed E-state index contributed by atoms with van der Waals surface area (Å²) >= 11 is 3.50. The van der Waals surface area contributed by atoms with Crippen LogP contribution in [0.5, 0.6) is 0 Å². The molecule has 1 N–H and O–H groups in total. The van der Waals surface area contributed by atoms with Gasteiger partial charge in [-0.05, 0) is 67.1 Å². The standard InChI is InChI=1S/C25H28IN3O5S2/c1-25(2,3)34-24(31)27-19(12-16-8-5-4-6-9-16)22(30)28-23-29(18-11-7-10-17(26)13-18)20-14-36(32,33)15-21(20)35-23/h4-11,13,19-21H,12,14-15H2,1-3H3,(H,27,31)/t19-,20-,21+/m1/s1. The molecule has 2 aromatic rings. The van der Waals surface area contributed by atoms with Crippen LogP contribution in [0.2, 0.25) is 0 Å². The van der Waals surface area contributed by atoms with Gasteiger partial charge < -0.3 is 15.0 Å². The molecular weight excluding hydrogens is 613 g/mol.